The van der Waals surface area contributed by atoms with E-state index in [1.165, 1.54) is 0 Å². The van der Waals surface area contributed by atoms with E-state index in [1.807, 2.05) is 18.2 Å². The summed E-state index contributed by atoms with van der Waals surface area (Å²) in [6.07, 6.45) is 4.74. The number of hydrogen-bond acceptors (Lipinski definition) is 4. The van der Waals surface area contributed by atoms with Crippen LogP contribution in [0.2, 0.25) is 0 Å². The number of aliphatic imine (C=N–C) groups is 1. The number of fused-ring (bicyclic) bond motifs is 1. The second-order valence-electron chi connectivity index (χ2n) is 5.98. The van der Waals surface area contributed by atoms with Crippen molar-refractivity contribution in [2.24, 2.45) is 4.99 Å². The first-order chi connectivity index (χ1) is 11.1. The number of hydrogen-bond donors (Lipinski definition) is 2. The zero-order chi connectivity index (χ0) is 15.9. The number of benzene rings is 1. The Morgan fingerprint density at radius 3 is 2.83 bits per heavy atom. The van der Waals surface area contributed by atoms with Crippen molar-refractivity contribution in [3.63, 3.8) is 0 Å². The normalized spacial score (nSPS) is 26.9. The molecule has 0 bridgehead atoms. The highest BCUT2D eigenvalue weighted by atomic mass is 79.9. The second kappa shape index (κ2) is 5.96. The maximum absolute atomic E-state index is 6.54. The topological polar surface area (TPSA) is 39.7 Å². The molecule has 1 aliphatic carbocycles. The lowest BCUT2D eigenvalue weighted by molar-refractivity contribution is 0.356. The molecule has 3 aliphatic rings. The Hall–Kier alpha value is -1.30. The number of allylic oxidation sites excluding steroid dienone is 2. The molecule has 1 aromatic rings. The van der Waals surface area contributed by atoms with Crippen LogP contribution in [-0.2, 0) is 0 Å². The molecule has 2 aliphatic heterocycles. The molecule has 0 radical (unpaired) electrons. The Morgan fingerprint density at radius 2 is 2.00 bits per heavy atom. The highest BCUT2D eigenvalue weighted by Crippen LogP contribution is 2.41. The molecule has 2 heterocycles. The molecule has 0 amide bonds. The average molecular weight is 394 g/mol. The third kappa shape index (κ3) is 3.05. The van der Waals surface area contributed by atoms with E-state index < -0.39 is 3.78 Å². The number of nitrogens with zero attached hydrogens (tertiary/aromatic N) is 2. The standard InChI is InChI=1S/C17H18BrClN4/c18-17(19)6-5-13-12(11-17)16(23-9-7-20-8-10-23)22-15-4-2-1-3-14(15)21-13/h1-6,20-21H,7-11H2. The fraction of sp³-hybridized carbons (Fsp3) is 0.353. The van der Waals surface area contributed by atoms with Gasteiger partial charge in [-0.05, 0) is 18.2 Å². The van der Waals surface area contributed by atoms with E-state index in [-0.39, 0.29) is 0 Å². The van der Waals surface area contributed by atoms with Crippen LogP contribution in [0.1, 0.15) is 6.42 Å². The molecule has 0 saturated carbocycles. The van der Waals surface area contributed by atoms with Gasteiger partial charge in [-0.2, -0.15) is 0 Å². The molecule has 1 unspecified atom stereocenters. The fourth-order valence-electron chi connectivity index (χ4n) is 3.15. The van der Waals surface area contributed by atoms with Crippen LogP contribution in [-0.4, -0.2) is 40.7 Å². The van der Waals surface area contributed by atoms with Crippen LogP contribution in [0.25, 0.3) is 0 Å². The molecule has 6 heteroatoms. The van der Waals surface area contributed by atoms with E-state index in [9.17, 15) is 0 Å². The first-order valence-electron chi connectivity index (χ1n) is 7.83. The summed E-state index contributed by atoms with van der Waals surface area (Å²) in [5.41, 5.74) is 4.26. The Balaban J connectivity index is 1.83. The van der Waals surface area contributed by atoms with Crippen molar-refractivity contribution in [1.29, 1.82) is 0 Å². The Labute approximate surface area is 149 Å². The van der Waals surface area contributed by atoms with E-state index in [0.717, 1.165) is 54.7 Å². The lowest BCUT2D eigenvalue weighted by Gasteiger charge is -2.34. The molecule has 4 nitrogen and oxygen atoms in total. The van der Waals surface area contributed by atoms with Gasteiger partial charge < -0.3 is 15.5 Å². The number of alkyl halides is 2. The largest absolute Gasteiger partial charge is 0.354 e. The first-order valence-corrected chi connectivity index (χ1v) is 9.00. The Morgan fingerprint density at radius 1 is 1.22 bits per heavy atom. The van der Waals surface area contributed by atoms with E-state index in [1.54, 1.807) is 0 Å². The van der Waals surface area contributed by atoms with Crippen molar-refractivity contribution in [2.75, 3.05) is 31.5 Å². The van der Waals surface area contributed by atoms with Crippen molar-refractivity contribution in [1.82, 2.24) is 10.2 Å². The van der Waals surface area contributed by atoms with Gasteiger partial charge in [-0.25, -0.2) is 4.99 Å². The van der Waals surface area contributed by atoms with Crippen molar-refractivity contribution >= 4 is 44.7 Å². The van der Waals surface area contributed by atoms with Gasteiger partial charge in [0.25, 0.3) is 0 Å². The molecule has 2 N–H and O–H groups in total. The molecular weight excluding hydrogens is 376 g/mol. The average Bonchev–Trinajstić information content (AvgIpc) is 2.71. The summed E-state index contributed by atoms with van der Waals surface area (Å²) in [4.78, 5) is 7.35. The fourth-order valence-corrected chi connectivity index (χ4v) is 3.76. The van der Waals surface area contributed by atoms with Crippen molar-refractivity contribution in [3.8, 4) is 0 Å². The Bertz CT molecular complexity index is 717. The van der Waals surface area contributed by atoms with Gasteiger partial charge >= 0.3 is 0 Å². The minimum absolute atomic E-state index is 0.543. The van der Waals surface area contributed by atoms with Crippen molar-refractivity contribution < 1.29 is 0 Å². The predicted octanol–water partition coefficient (Wildman–Crippen LogP) is 3.59. The predicted molar refractivity (Wildman–Crippen MR) is 99.9 cm³/mol. The number of amidine groups is 1. The maximum atomic E-state index is 6.54. The molecule has 0 aromatic heterocycles. The van der Waals surface area contributed by atoms with Gasteiger partial charge in [0.15, 0.2) is 0 Å². The number of piperazine rings is 1. The van der Waals surface area contributed by atoms with Crippen molar-refractivity contribution in [2.45, 2.75) is 10.2 Å². The van der Waals surface area contributed by atoms with Crippen LogP contribution >= 0.6 is 27.5 Å². The first kappa shape index (κ1) is 15.2. The van der Waals surface area contributed by atoms with Gasteiger partial charge in [-0.15, -0.1) is 11.6 Å². The SMILES string of the molecule is ClC1(Br)C=CC2=C(C1)C(N1CCNCC1)=Nc1ccccc1N2. The van der Waals surface area contributed by atoms with Crippen LogP contribution in [0, 0.1) is 0 Å². The molecule has 1 aromatic carbocycles. The molecule has 1 saturated heterocycles. The third-order valence-electron chi connectivity index (χ3n) is 4.32. The monoisotopic (exact) mass is 392 g/mol. The summed E-state index contributed by atoms with van der Waals surface area (Å²) in [6.45, 7) is 3.87. The number of halogens is 2. The van der Waals surface area contributed by atoms with Crippen molar-refractivity contribution in [3.05, 3.63) is 47.7 Å². The zero-order valence-corrected chi connectivity index (χ0v) is 15.0. The van der Waals surface area contributed by atoms with Gasteiger partial charge in [0.1, 0.15) is 9.62 Å². The molecule has 23 heavy (non-hydrogen) atoms. The van der Waals surface area contributed by atoms with Gasteiger partial charge in [0.2, 0.25) is 0 Å². The third-order valence-corrected chi connectivity index (χ3v) is 5.12. The van der Waals surface area contributed by atoms with E-state index in [0.29, 0.717) is 6.42 Å². The summed E-state index contributed by atoms with van der Waals surface area (Å²) in [7, 11) is 0. The summed E-state index contributed by atoms with van der Waals surface area (Å²) in [5.74, 6) is 1.03. The molecular formula is C17H18BrClN4. The van der Waals surface area contributed by atoms with Gasteiger partial charge in [0.05, 0.1) is 11.4 Å². The molecule has 120 valence electrons. The zero-order valence-electron chi connectivity index (χ0n) is 12.6. The molecule has 4 rings (SSSR count). The minimum atomic E-state index is -0.543. The molecule has 1 atom stereocenters. The summed E-state index contributed by atoms with van der Waals surface area (Å²) < 4.78 is -0.543. The van der Waals surface area contributed by atoms with E-state index >= 15 is 0 Å². The van der Waals surface area contributed by atoms with Gasteiger partial charge in [-0.3, -0.25) is 0 Å². The summed E-state index contributed by atoms with van der Waals surface area (Å²) >= 11 is 10.1. The second-order valence-corrected chi connectivity index (χ2v) is 8.52. The molecule has 1 fully saturated rings. The highest BCUT2D eigenvalue weighted by molar-refractivity contribution is 9.10. The number of rotatable bonds is 0. The minimum Gasteiger partial charge on any atom is -0.354 e. The lowest BCUT2D eigenvalue weighted by atomic mass is 9.99. The van der Waals surface area contributed by atoms with Gasteiger partial charge in [-0.1, -0.05) is 34.1 Å². The lowest BCUT2D eigenvalue weighted by Crippen LogP contribution is -2.47. The summed E-state index contributed by atoms with van der Waals surface area (Å²) in [5, 5.41) is 6.92. The number of anilines is 1. The molecule has 0 spiro atoms. The van der Waals surface area contributed by atoms with Crippen LogP contribution < -0.4 is 10.6 Å². The quantitative estimate of drug-likeness (QED) is 0.662. The van der Waals surface area contributed by atoms with Crippen LogP contribution in [0.5, 0.6) is 0 Å². The maximum Gasteiger partial charge on any atom is 0.134 e. The highest BCUT2D eigenvalue weighted by Gasteiger charge is 2.33. The van der Waals surface area contributed by atoms with E-state index in [4.69, 9.17) is 16.6 Å². The Kier molecular flexibility index (Phi) is 3.95. The summed E-state index contributed by atoms with van der Waals surface area (Å²) in [6, 6.07) is 8.17. The smallest absolute Gasteiger partial charge is 0.134 e. The van der Waals surface area contributed by atoms with Gasteiger partial charge in [0, 0.05) is 43.9 Å². The van der Waals surface area contributed by atoms with E-state index in [2.05, 4.69) is 49.7 Å². The van der Waals surface area contributed by atoms with Crippen LogP contribution in [0.3, 0.4) is 0 Å². The number of nitrogens with one attached hydrogen (secondary N) is 2. The number of para-hydroxylation sites is 2. The van der Waals surface area contributed by atoms with Crippen LogP contribution in [0.15, 0.2) is 52.7 Å². The van der Waals surface area contributed by atoms with Crippen LogP contribution in [0.4, 0.5) is 11.4 Å².